The lowest BCUT2D eigenvalue weighted by molar-refractivity contribution is -0.132. The third-order valence-corrected chi connectivity index (χ3v) is 5.45. The van der Waals surface area contributed by atoms with E-state index in [-0.39, 0.29) is 21.9 Å². The van der Waals surface area contributed by atoms with E-state index in [4.69, 9.17) is 11.6 Å². The highest BCUT2D eigenvalue weighted by atomic mass is 35.5. The second-order valence-electron chi connectivity index (χ2n) is 8.29. The number of hydrogen-bond donors (Lipinski definition) is 1. The summed E-state index contributed by atoms with van der Waals surface area (Å²) in [7, 11) is 0. The molecule has 0 unspecified atom stereocenters. The van der Waals surface area contributed by atoms with Crippen molar-refractivity contribution >= 4 is 23.1 Å². The molecule has 0 atom stereocenters. The second kappa shape index (κ2) is 8.36. The summed E-state index contributed by atoms with van der Waals surface area (Å²) in [6.07, 6.45) is 4.63. The van der Waals surface area contributed by atoms with Crippen molar-refractivity contribution in [2.75, 3.05) is 13.1 Å². The first kappa shape index (κ1) is 20.4. The fraction of sp³-hybridized carbons (Fsp3) is 0.391. The molecule has 0 bridgehead atoms. The molecule has 1 saturated heterocycles. The number of benzene rings is 1. The Labute approximate surface area is 171 Å². The summed E-state index contributed by atoms with van der Waals surface area (Å²) in [6, 6.07) is 11.8. The summed E-state index contributed by atoms with van der Waals surface area (Å²) in [5, 5.41) is 0.164. The Balaban J connectivity index is 1.98. The largest absolute Gasteiger partial charge is 0.339 e. The third kappa shape index (κ3) is 4.74. The van der Waals surface area contributed by atoms with Gasteiger partial charge in [-0.1, -0.05) is 62.7 Å². The Hall–Kier alpha value is -2.33. The number of aromatic amines is 1. The van der Waals surface area contributed by atoms with Gasteiger partial charge in [0.15, 0.2) is 0 Å². The predicted molar refractivity (Wildman–Crippen MR) is 115 cm³/mol. The zero-order valence-electron chi connectivity index (χ0n) is 16.7. The molecule has 4 nitrogen and oxygen atoms in total. The molecule has 1 N–H and O–H groups in total. The van der Waals surface area contributed by atoms with E-state index in [0.717, 1.165) is 30.5 Å². The number of amides is 1. The van der Waals surface area contributed by atoms with E-state index in [9.17, 15) is 9.59 Å². The van der Waals surface area contributed by atoms with E-state index < -0.39 is 0 Å². The Morgan fingerprint density at radius 1 is 1.11 bits per heavy atom. The van der Waals surface area contributed by atoms with Crippen molar-refractivity contribution in [1.29, 1.82) is 0 Å². The highest BCUT2D eigenvalue weighted by molar-refractivity contribution is 6.30. The summed E-state index contributed by atoms with van der Waals surface area (Å²) in [6.45, 7) is 7.84. The van der Waals surface area contributed by atoms with Crippen LogP contribution < -0.4 is 5.56 Å². The maximum absolute atomic E-state index is 12.2. The minimum atomic E-state index is -0.314. The highest BCUT2D eigenvalue weighted by Crippen LogP contribution is 2.27. The number of pyridine rings is 1. The number of aromatic nitrogens is 1. The van der Waals surface area contributed by atoms with Gasteiger partial charge in [-0.3, -0.25) is 9.59 Å². The average Bonchev–Trinajstić information content (AvgIpc) is 2.66. The number of halogens is 1. The van der Waals surface area contributed by atoms with Gasteiger partial charge in [-0.2, -0.15) is 0 Å². The minimum absolute atomic E-state index is 0.0667. The molecule has 0 aliphatic carbocycles. The van der Waals surface area contributed by atoms with Crippen LogP contribution in [-0.2, 0) is 10.2 Å². The summed E-state index contributed by atoms with van der Waals surface area (Å²) in [5.74, 6) is 0.189. The number of rotatable bonds is 4. The summed E-state index contributed by atoms with van der Waals surface area (Å²) >= 11 is 5.90. The second-order valence-corrected chi connectivity index (χ2v) is 8.70. The minimum Gasteiger partial charge on any atom is -0.339 e. The molecule has 28 heavy (non-hydrogen) atoms. The molecule has 0 saturated carbocycles. The fourth-order valence-corrected chi connectivity index (χ4v) is 3.51. The quantitative estimate of drug-likeness (QED) is 0.806. The van der Waals surface area contributed by atoms with Crippen molar-refractivity contribution in [3.63, 3.8) is 0 Å². The van der Waals surface area contributed by atoms with Crippen LogP contribution >= 0.6 is 11.6 Å². The van der Waals surface area contributed by atoms with Gasteiger partial charge in [-0.05, 0) is 41.5 Å². The van der Waals surface area contributed by atoms with E-state index in [1.165, 1.54) is 5.56 Å². The lowest BCUT2D eigenvalue weighted by atomic mass is 9.86. The van der Waals surface area contributed by atoms with Crippen LogP contribution in [0.1, 0.15) is 56.9 Å². The van der Waals surface area contributed by atoms with Gasteiger partial charge in [0.05, 0.1) is 0 Å². The van der Waals surface area contributed by atoms with Crippen molar-refractivity contribution in [1.82, 2.24) is 9.88 Å². The van der Waals surface area contributed by atoms with E-state index in [1.54, 1.807) is 6.07 Å². The Kier molecular flexibility index (Phi) is 6.09. The summed E-state index contributed by atoms with van der Waals surface area (Å²) < 4.78 is 0. The van der Waals surface area contributed by atoms with E-state index in [0.29, 0.717) is 18.7 Å². The van der Waals surface area contributed by atoms with Gasteiger partial charge in [0, 0.05) is 30.8 Å². The van der Waals surface area contributed by atoms with Crippen molar-refractivity contribution < 1.29 is 4.79 Å². The van der Waals surface area contributed by atoms with Crippen LogP contribution in [0.3, 0.4) is 0 Å². The van der Waals surface area contributed by atoms with Crippen molar-refractivity contribution in [2.24, 2.45) is 0 Å². The molecule has 1 aromatic carbocycles. The van der Waals surface area contributed by atoms with Crippen LogP contribution in [0.5, 0.6) is 0 Å². The maximum atomic E-state index is 12.2. The van der Waals surface area contributed by atoms with Crippen LogP contribution in [0.4, 0.5) is 0 Å². The Morgan fingerprint density at radius 2 is 1.82 bits per heavy atom. The number of piperidine rings is 1. The van der Waals surface area contributed by atoms with Crippen molar-refractivity contribution in [2.45, 2.75) is 45.4 Å². The smallest absolute Gasteiger partial charge is 0.267 e. The highest BCUT2D eigenvalue weighted by Gasteiger charge is 2.18. The van der Waals surface area contributed by atoms with Gasteiger partial charge in [0.25, 0.3) is 5.56 Å². The van der Waals surface area contributed by atoms with Crippen LogP contribution in [0, 0.1) is 0 Å². The third-order valence-electron chi connectivity index (χ3n) is 5.15. The first-order chi connectivity index (χ1) is 13.3. The zero-order chi connectivity index (χ0) is 20.3. The molecule has 1 aromatic heterocycles. The summed E-state index contributed by atoms with van der Waals surface area (Å²) in [5.41, 5.74) is 3.58. The lowest BCUT2D eigenvalue weighted by Gasteiger charge is -2.26. The molecule has 0 radical (unpaired) electrons. The molecule has 3 rings (SSSR count). The molecule has 1 aliphatic rings. The van der Waals surface area contributed by atoms with Gasteiger partial charge in [0.1, 0.15) is 5.02 Å². The normalized spacial score (nSPS) is 15.8. The van der Waals surface area contributed by atoms with E-state index >= 15 is 0 Å². The SMILES string of the molecule is CC(C)(C)c1ccc(C(=CCN2CCCCC2=O)c2ccc(Cl)c(=O)[nH]2)cc1. The zero-order valence-corrected chi connectivity index (χ0v) is 17.5. The number of hydrogen-bond acceptors (Lipinski definition) is 2. The van der Waals surface area contributed by atoms with E-state index in [2.05, 4.69) is 50.0 Å². The monoisotopic (exact) mass is 398 g/mol. The van der Waals surface area contributed by atoms with Crippen LogP contribution in [0.25, 0.3) is 5.57 Å². The molecule has 0 spiro atoms. The number of carbonyl (C=O) groups excluding carboxylic acids is 1. The van der Waals surface area contributed by atoms with Crippen molar-refractivity contribution in [3.05, 3.63) is 74.7 Å². The van der Waals surface area contributed by atoms with Crippen LogP contribution in [0.15, 0.2) is 47.3 Å². The molecule has 148 valence electrons. The van der Waals surface area contributed by atoms with Gasteiger partial charge in [-0.15, -0.1) is 0 Å². The number of nitrogens with zero attached hydrogens (tertiary/aromatic N) is 1. The molecule has 1 amide bonds. The first-order valence-electron chi connectivity index (χ1n) is 9.74. The molecule has 1 fully saturated rings. The van der Waals surface area contributed by atoms with Crippen molar-refractivity contribution in [3.8, 4) is 0 Å². The number of H-pyrrole nitrogens is 1. The van der Waals surface area contributed by atoms with Gasteiger partial charge >= 0.3 is 0 Å². The van der Waals surface area contributed by atoms with Crippen LogP contribution in [-0.4, -0.2) is 28.9 Å². The number of carbonyl (C=O) groups is 1. The number of likely N-dealkylation sites (tertiary alicyclic amines) is 1. The molecular formula is C23H27ClN2O2. The van der Waals surface area contributed by atoms with E-state index in [1.807, 2.05) is 17.0 Å². The first-order valence-corrected chi connectivity index (χ1v) is 10.1. The van der Waals surface area contributed by atoms with Gasteiger partial charge in [-0.25, -0.2) is 0 Å². The topological polar surface area (TPSA) is 53.2 Å². The molecular weight excluding hydrogens is 372 g/mol. The van der Waals surface area contributed by atoms with Gasteiger partial charge in [0.2, 0.25) is 5.91 Å². The standard InChI is InChI=1S/C23H27ClN2O2/c1-23(2,3)17-9-7-16(8-10-17)18(20-12-11-19(24)22(28)25-20)13-15-26-14-5-4-6-21(26)27/h7-13H,4-6,14-15H2,1-3H3,(H,25,28). The van der Waals surface area contributed by atoms with Gasteiger partial charge < -0.3 is 9.88 Å². The number of nitrogens with one attached hydrogen (secondary N) is 1. The summed E-state index contributed by atoms with van der Waals surface area (Å²) in [4.78, 5) is 28.9. The Morgan fingerprint density at radius 3 is 2.43 bits per heavy atom. The Bertz CT molecular complexity index is 936. The average molecular weight is 399 g/mol. The lowest BCUT2D eigenvalue weighted by Crippen LogP contribution is -2.35. The molecule has 2 aromatic rings. The molecule has 5 heteroatoms. The van der Waals surface area contributed by atoms with Crippen LogP contribution in [0.2, 0.25) is 5.02 Å². The molecule has 1 aliphatic heterocycles. The fourth-order valence-electron chi connectivity index (χ4n) is 3.40. The molecule has 2 heterocycles. The predicted octanol–water partition coefficient (Wildman–Crippen LogP) is 4.77. The maximum Gasteiger partial charge on any atom is 0.267 e.